The molecule has 0 fully saturated rings. The van der Waals surface area contributed by atoms with Crippen LogP contribution in [0.5, 0.6) is 0 Å². The van der Waals surface area contributed by atoms with Gasteiger partial charge in [-0.2, -0.15) is 0 Å². The van der Waals surface area contributed by atoms with Gasteiger partial charge in [0.1, 0.15) is 16.1 Å². The molecule has 0 unspecified atom stereocenters. The first-order valence-electron chi connectivity index (χ1n) is 29.0. The molecule has 0 spiro atoms. The highest BCUT2D eigenvalue weighted by Gasteiger charge is 2.47. The van der Waals surface area contributed by atoms with Crippen molar-refractivity contribution in [3.63, 3.8) is 0 Å². The lowest BCUT2D eigenvalue weighted by atomic mass is 9.90. The number of hydrogen-bond donors (Lipinski definition) is 0. The molecule has 4 aromatic carbocycles. The Morgan fingerprint density at radius 3 is 0.570 bits per heavy atom. The Morgan fingerprint density at radius 2 is 0.372 bits per heavy atom. The number of pyridine rings is 8. The zero-order chi connectivity index (χ0) is 58.5. The summed E-state index contributed by atoms with van der Waals surface area (Å²) in [5.74, 6) is 0. The van der Waals surface area contributed by atoms with E-state index in [0.717, 1.165) is 68.3 Å². The van der Waals surface area contributed by atoms with Gasteiger partial charge in [-0.3, -0.25) is 19.9 Å². The quantitative estimate of drug-likeness (QED) is 0.111. The van der Waals surface area contributed by atoms with E-state index in [1.165, 1.54) is 65.3 Å². The van der Waals surface area contributed by atoms with Gasteiger partial charge in [0.15, 0.2) is 0 Å². The second-order valence-corrected chi connectivity index (χ2v) is 30.7. The van der Waals surface area contributed by atoms with Crippen molar-refractivity contribution in [3.05, 3.63) is 337 Å². The minimum Gasteiger partial charge on any atom is -0.255 e. The van der Waals surface area contributed by atoms with E-state index >= 15 is 0 Å². The van der Waals surface area contributed by atoms with E-state index in [1.807, 2.05) is 122 Å². The van der Waals surface area contributed by atoms with Crippen LogP contribution in [0.15, 0.2) is 292 Å². The largest absolute Gasteiger partial charge is 0.255 e. The summed E-state index contributed by atoms with van der Waals surface area (Å²) in [7, 11) is -4.85. The van der Waals surface area contributed by atoms with Gasteiger partial charge >= 0.3 is 0 Å². The SMILES string of the molecule is C[Si]1(C)C(c2cccc(-c3ccccn3)n2)=C(c2ccccc2)C(c2ccccc2)=C1c1cccc(-c2ccccn2)n1.C[Si]1(C)C(c2cccc(-c3ccccn3)n2)=C(c2ccccc2)C(c2ccccc2)=C1c1cccc(-c2ccccn2)n1. The lowest BCUT2D eigenvalue weighted by Crippen LogP contribution is -2.29. The summed E-state index contributed by atoms with van der Waals surface area (Å²) in [4.78, 5) is 39.5. The van der Waals surface area contributed by atoms with Crippen LogP contribution in [0.3, 0.4) is 0 Å². The third kappa shape index (κ3) is 10.7. The van der Waals surface area contributed by atoms with Crippen molar-refractivity contribution < 1.29 is 0 Å². The van der Waals surface area contributed by atoms with Crippen LogP contribution in [0.1, 0.15) is 45.0 Å². The molecule has 0 atom stereocenters. The van der Waals surface area contributed by atoms with Crippen LogP contribution in [-0.4, -0.2) is 56.0 Å². The van der Waals surface area contributed by atoms with E-state index in [4.69, 9.17) is 19.9 Å². The molecule has 412 valence electrons. The van der Waals surface area contributed by atoms with Gasteiger partial charge in [-0.1, -0.05) is 196 Å². The maximum absolute atomic E-state index is 5.28. The fourth-order valence-corrected chi connectivity index (χ4v) is 19.5. The monoisotopic (exact) mass is 1140 g/mol. The van der Waals surface area contributed by atoms with E-state index in [2.05, 4.69) is 216 Å². The molecule has 0 aliphatic carbocycles. The second kappa shape index (κ2) is 24.0. The first-order chi connectivity index (χ1) is 42.2. The van der Waals surface area contributed by atoms with E-state index in [-0.39, 0.29) is 0 Å². The van der Waals surface area contributed by atoms with Gasteiger partial charge in [0.25, 0.3) is 0 Å². The Kier molecular flexibility index (Phi) is 15.3. The topological polar surface area (TPSA) is 103 Å². The van der Waals surface area contributed by atoms with Crippen LogP contribution in [0.4, 0.5) is 0 Å². The third-order valence-corrected chi connectivity index (χ3v) is 23.0. The van der Waals surface area contributed by atoms with Crippen LogP contribution in [0, 0.1) is 0 Å². The Labute approximate surface area is 504 Å². The first-order valence-corrected chi connectivity index (χ1v) is 35.0. The van der Waals surface area contributed by atoms with E-state index in [1.54, 1.807) is 0 Å². The van der Waals surface area contributed by atoms with Crippen molar-refractivity contribution in [2.24, 2.45) is 0 Å². The molecule has 14 rings (SSSR count). The van der Waals surface area contributed by atoms with Crippen molar-refractivity contribution in [1.82, 2.24) is 39.9 Å². The molecule has 12 aromatic rings. The average molecular weight is 1140 g/mol. The van der Waals surface area contributed by atoms with Crippen LogP contribution in [0.25, 0.3) is 88.6 Å². The van der Waals surface area contributed by atoms with Gasteiger partial charge in [0, 0.05) is 24.8 Å². The van der Waals surface area contributed by atoms with Crippen molar-refractivity contribution in [3.8, 4) is 45.6 Å². The predicted molar refractivity (Wildman–Crippen MR) is 358 cm³/mol. The van der Waals surface area contributed by atoms with Gasteiger partial charge in [0.2, 0.25) is 0 Å². The summed E-state index contributed by atoms with van der Waals surface area (Å²) in [6.07, 6.45) is 7.28. The highest BCUT2D eigenvalue weighted by molar-refractivity contribution is 7.13. The van der Waals surface area contributed by atoms with E-state index < -0.39 is 16.1 Å². The highest BCUT2D eigenvalue weighted by atomic mass is 28.3. The smallest absolute Gasteiger partial charge is 0.119 e. The molecule has 0 N–H and O–H groups in total. The summed E-state index contributed by atoms with van der Waals surface area (Å²) in [6, 6.07) is 92.0. The summed E-state index contributed by atoms with van der Waals surface area (Å²) in [5.41, 5.74) is 20.5. The summed E-state index contributed by atoms with van der Waals surface area (Å²) in [6.45, 7) is 9.73. The lowest BCUT2D eigenvalue weighted by Gasteiger charge is -2.25. The Morgan fingerprint density at radius 1 is 0.186 bits per heavy atom. The molecular formula is C76H60N8Si2. The lowest BCUT2D eigenvalue weighted by molar-refractivity contribution is 1.22. The molecular weight excluding hydrogens is 1080 g/mol. The van der Waals surface area contributed by atoms with Gasteiger partial charge in [-0.15, -0.1) is 0 Å². The Bertz CT molecular complexity index is 3940. The summed E-state index contributed by atoms with van der Waals surface area (Å²) < 4.78 is 0. The number of aromatic nitrogens is 8. The van der Waals surface area contributed by atoms with Crippen molar-refractivity contribution in [2.75, 3.05) is 0 Å². The summed E-state index contributed by atoms with van der Waals surface area (Å²) >= 11 is 0. The van der Waals surface area contributed by atoms with Crippen LogP contribution in [-0.2, 0) is 0 Å². The van der Waals surface area contributed by atoms with Crippen LogP contribution >= 0.6 is 0 Å². The zero-order valence-corrected chi connectivity index (χ0v) is 50.3. The van der Waals surface area contributed by atoms with Gasteiger partial charge in [-0.05, 0) is 162 Å². The minimum absolute atomic E-state index is 0.866. The minimum atomic E-state index is -2.43. The molecule has 8 aromatic heterocycles. The van der Waals surface area contributed by atoms with Crippen LogP contribution in [0.2, 0.25) is 26.2 Å². The first kappa shape index (κ1) is 54.7. The number of rotatable bonds is 12. The van der Waals surface area contributed by atoms with Gasteiger partial charge in [-0.25, -0.2) is 19.9 Å². The standard InChI is InChI=1S/2C38H30N4Si/c2*1-43(2)37(33-23-13-21-31(41-33)29-19-9-11-25-39-29)35(27-15-5-3-6-16-27)36(28-17-7-4-8-18-28)38(43)34-24-14-22-32(42-34)30-20-10-12-26-40-30/h2*3-26H,1-2H3. The predicted octanol–water partition coefficient (Wildman–Crippen LogP) is 17.8. The fraction of sp³-hybridized carbons (Fsp3) is 0.0526. The van der Waals surface area contributed by atoms with Crippen molar-refractivity contribution in [2.45, 2.75) is 26.2 Å². The van der Waals surface area contributed by atoms with Crippen molar-refractivity contribution in [1.29, 1.82) is 0 Å². The maximum Gasteiger partial charge on any atom is 0.119 e. The molecule has 10 heterocycles. The molecule has 10 heteroatoms. The molecule has 2 aliphatic rings. The number of allylic oxidation sites excluding steroid dienone is 4. The van der Waals surface area contributed by atoms with Crippen molar-refractivity contribution >= 4 is 59.2 Å². The zero-order valence-electron chi connectivity index (χ0n) is 48.3. The van der Waals surface area contributed by atoms with Gasteiger partial charge < -0.3 is 0 Å². The molecule has 0 bridgehead atoms. The normalized spacial score (nSPS) is 14.3. The fourth-order valence-electron chi connectivity index (χ4n) is 12.3. The maximum atomic E-state index is 5.28. The third-order valence-electron chi connectivity index (χ3n) is 16.0. The number of hydrogen-bond acceptors (Lipinski definition) is 8. The Balaban J connectivity index is 0.000000160. The molecule has 8 nitrogen and oxygen atoms in total. The van der Waals surface area contributed by atoms with E-state index in [0.29, 0.717) is 0 Å². The van der Waals surface area contributed by atoms with Crippen LogP contribution < -0.4 is 0 Å². The molecule has 0 saturated carbocycles. The molecule has 0 saturated heterocycles. The highest BCUT2D eigenvalue weighted by Crippen LogP contribution is 2.57. The van der Waals surface area contributed by atoms with E-state index in [9.17, 15) is 0 Å². The Hall–Kier alpha value is -10.5. The molecule has 0 amide bonds. The number of benzene rings is 4. The second-order valence-electron chi connectivity index (χ2n) is 22.2. The molecule has 86 heavy (non-hydrogen) atoms. The van der Waals surface area contributed by atoms with Gasteiger partial charge in [0.05, 0.1) is 68.3 Å². The molecule has 2 aliphatic heterocycles. The number of nitrogens with zero attached hydrogens (tertiary/aromatic N) is 8. The average Bonchev–Trinajstić information content (AvgIpc) is 1.62. The summed E-state index contributed by atoms with van der Waals surface area (Å²) in [5, 5.41) is 5.21. The molecule has 0 radical (unpaired) electrons.